The molecule has 0 bridgehead atoms. The number of aliphatic hydroxyl groups excluding tert-OH is 1. The minimum atomic E-state index is -0.905. The molecule has 0 fully saturated rings. The first kappa shape index (κ1) is 23.8. The highest BCUT2D eigenvalue weighted by Crippen LogP contribution is 2.32. The van der Waals surface area contributed by atoms with Crippen molar-refractivity contribution in [3.63, 3.8) is 0 Å². The number of nitrogens with zero attached hydrogens (tertiary/aromatic N) is 3. The summed E-state index contributed by atoms with van der Waals surface area (Å²) in [5.41, 5.74) is 0.831. The average Bonchev–Trinajstić information content (AvgIpc) is 3.09. The van der Waals surface area contributed by atoms with E-state index in [4.69, 9.17) is 5.11 Å². The molecule has 0 saturated carbocycles. The summed E-state index contributed by atoms with van der Waals surface area (Å²) in [6.07, 6.45) is 0.518. The molecule has 0 radical (unpaired) electrons. The maximum Gasteiger partial charge on any atom is 0.343 e. The molecule has 1 aromatic carbocycles. The van der Waals surface area contributed by atoms with E-state index < -0.39 is 35.0 Å². The Bertz CT molecular complexity index is 1020. The van der Waals surface area contributed by atoms with Gasteiger partial charge in [0.2, 0.25) is 5.91 Å². The van der Waals surface area contributed by atoms with E-state index in [2.05, 4.69) is 15.7 Å². The van der Waals surface area contributed by atoms with Crippen molar-refractivity contribution < 1.29 is 23.5 Å². The normalized spacial score (nSPS) is 15.2. The van der Waals surface area contributed by atoms with Crippen molar-refractivity contribution in [3.05, 3.63) is 41.1 Å². The first-order valence-electron chi connectivity index (χ1n) is 10.5. The van der Waals surface area contributed by atoms with Crippen LogP contribution in [0.2, 0.25) is 0 Å². The third-order valence-electron chi connectivity index (χ3n) is 5.44. The number of nitrogens with one attached hydrogen (secondary N) is 2. The number of fused-ring (bicyclic) bond motifs is 1. The molecule has 0 saturated heterocycles. The zero-order chi connectivity index (χ0) is 23.6. The van der Waals surface area contributed by atoms with E-state index in [-0.39, 0.29) is 24.4 Å². The number of halogens is 2. The standard InChI is InChI=1S/C22H29F2N5O3/c1-22(2,3)19(20(31)25-8-10-30)26-21(32)29-17-12-28(4)9-7-14(17)18(27-29)15-11-13(23)5-6-16(15)24/h5-6,11,19,30H,7-10,12H2,1-4H3,(H,25,31)(H,26,32). The van der Waals surface area contributed by atoms with Crippen LogP contribution in [-0.4, -0.2) is 64.5 Å². The maximum absolute atomic E-state index is 14.5. The molecule has 3 N–H and O–H groups in total. The third kappa shape index (κ3) is 4.97. The van der Waals surface area contributed by atoms with Gasteiger partial charge in [-0.1, -0.05) is 20.8 Å². The minimum absolute atomic E-state index is 0.00888. The molecular weight excluding hydrogens is 420 g/mol. The Hall–Kier alpha value is -2.85. The van der Waals surface area contributed by atoms with E-state index in [1.54, 1.807) is 20.8 Å². The molecule has 2 aromatic rings. The fourth-order valence-electron chi connectivity index (χ4n) is 3.75. The summed E-state index contributed by atoms with van der Waals surface area (Å²) in [6, 6.07) is 1.59. The number of hydrogen-bond donors (Lipinski definition) is 3. The lowest BCUT2D eigenvalue weighted by molar-refractivity contribution is -0.125. The summed E-state index contributed by atoms with van der Waals surface area (Å²) in [5.74, 6) is -1.67. The van der Waals surface area contributed by atoms with E-state index in [9.17, 15) is 18.4 Å². The van der Waals surface area contributed by atoms with Gasteiger partial charge in [-0.3, -0.25) is 4.79 Å². The Morgan fingerprint density at radius 2 is 2.00 bits per heavy atom. The molecule has 1 aliphatic rings. The molecule has 174 valence electrons. The van der Waals surface area contributed by atoms with Gasteiger partial charge in [0.25, 0.3) is 0 Å². The van der Waals surface area contributed by atoms with Crippen LogP contribution in [0.1, 0.15) is 32.0 Å². The zero-order valence-corrected chi connectivity index (χ0v) is 18.7. The van der Waals surface area contributed by atoms with Crippen LogP contribution in [0.4, 0.5) is 13.6 Å². The van der Waals surface area contributed by atoms with Crippen molar-refractivity contribution in [2.24, 2.45) is 5.41 Å². The molecule has 1 aliphatic heterocycles. The van der Waals surface area contributed by atoms with Gasteiger partial charge in [-0.2, -0.15) is 9.78 Å². The Balaban J connectivity index is 2.01. The Labute approximate surface area is 185 Å². The van der Waals surface area contributed by atoms with Gasteiger partial charge < -0.3 is 20.6 Å². The summed E-state index contributed by atoms with van der Waals surface area (Å²) in [5, 5.41) is 18.6. The van der Waals surface area contributed by atoms with Crippen LogP contribution in [0.15, 0.2) is 18.2 Å². The van der Waals surface area contributed by atoms with E-state index in [0.29, 0.717) is 30.8 Å². The van der Waals surface area contributed by atoms with Crippen LogP contribution in [0, 0.1) is 17.0 Å². The largest absolute Gasteiger partial charge is 0.395 e. The molecule has 2 amide bonds. The number of benzene rings is 1. The maximum atomic E-state index is 14.5. The molecule has 1 atom stereocenters. The van der Waals surface area contributed by atoms with E-state index in [1.165, 1.54) is 0 Å². The third-order valence-corrected chi connectivity index (χ3v) is 5.44. The van der Waals surface area contributed by atoms with Gasteiger partial charge in [0.05, 0.1) is 18.0 Å². The highest BCUT2D eigenvalue weighted by Gasteiger charge is 2.35. The van der Waals surface area contributed by atoms with Gasteiger partial charge in [-0.15, -0.1) is 0 Å². The highest BCUT2D eigenvalue weighted by atomic mass is 19.1. The smallest absolute Gasteiger partial charge is 0.343 e. The molecule has 1 aromatic heterocycles. The summed E-state index contributed by atoms with van der Waals surface area (Å²) >= 11 is 0. The zero-order valence-electron chi connectivity index (χ0n) is 18.7. The van der Waals surface area contributed by atoms with Crippen LogP contribution in [-0.2, 0) is 17.8 Å². The summed E-state index contributed by atoms with van der Waals surface area (Å²) in [4.78, 5) is 27.8. The minimum Gasteiger partial charge on any atom is -0.395 e. The van der Waals surface area contributed by atoms with Gasteiger partial charge in [-0.25, -0.2) is 13.6 Å². The number of carbonyl (C=O) groups is 2. The fourth-order valence-corrected chi connectivity index (χ4v) is 3.75. The van der Waals surface area contributed by atoms with Gasteiger partial charge in [-0.05, 0) is 37.1 Å². The van der Waals surface area contributed by atoms with Crippen LogP contribution in [0.3, 0.4) is 0 Å². The van der Waals surface area contributed by atoms with Crippen molar-refractivity contribution in [2.45, 2.75) is 39.8 Å². The SMILES string of the molecule is CN1CCc2c(-c3cc(F)ccc3F)nn(C(=O)NC(C(=O)NCCO)C(C)(C)C)c2C1. The van der Waals surface area contributed by atoms with Crippen LogP contribution < -0.4 is 10.6 Å². The van der Waals surface area contributed by atoms with Gasteiger partial charge >= 0.3 is 6.03 Å². The van der Waals surface area contributed by atoms with Gasteiger partial charge in [0.1, 0.15) is 17.7 Å². The summed E-state index contributed by atoms with van der Waals surface area (Å²) in [6.45, 7) is 6.31. The second kappa shape index (κ2) is 9.33. The number of hydrogen-bond acceptors (Lipinski definition) is 5. The molecule has 0 spiro atoms. The van der Waals surface area contributed by atoms with Crippen molar-refractivity contribution >= 4 is 11.9 Å². The first-order valence-corrected chi connectivity index (χ1v) is 10.5. The number of likely N-dealkylation sites (N-methyl/N-ethyl adjacent to an activating group) is 1. The molecule has 8 nitrogen and oxygen atoms in total. The van der Waals surface area contributed by atoms with E-state index in [1.807, 2.05) is 11.9 Å². The number of amides is 2. The molecule has 3 rings (SSSR count). The number of aliphatic hydroxyl groups is 1. The molecule has 2 heterocycles. The number of rotatable bonds is 5. The predicted molar refractivity (Wildman–Crippen MR) is 115 cm³/mol. The van der Waals surface area contributed by atoms with E-state index >= 15 is 0 Å². The molecule has 1 unspecified atom stereocenters. The average molecular weight is 450 g/mol. The van der Waals surface area contributed by atoms with Crippen molar-refractivity contribution in [3.8, 4) is 11.3 Å². The molecular formula is C22H29F2N5O3. The highest BCUT2D eigenvalue weighted by molar-refractivity contribution is 5.89. The predicted octanol–water partition coefficient (Wildman–Crippen LogP) is 1.90. The Kier molecular flexibility index (Phi) is 6.94. The Morgan fingerprint density at radius 1 is 1.28 bits per heavy atom. The quantitative estimate of drug-likeness (QED) is 0.648. The van der Waals surface area contributed by atoms with Crippen molar-refractivity contribution in [2.75, 3.05) is 26.7 Å². The number of carbonyl (C=O) groups excluding carboxylic acids is 2. The van der Waals surface area contributed by atoms with Gasteiger partial charge in [0, 0.05) is 30.8 Å². The van der Waals surface area contributed by atoms with Crippen molar-refractivity contribution in [1.29, 1.82) is 0 Å². The number of aromatic nitrogens is 2. The van der Waals surface area contributed by atoms with Crippen LogP contribution >= 0.6 is 0 Å². The second-order valence-electron chi connectivity index (χ2n) is 9.06. The lowest BCUT2D eigenvalue weighted by Crippen LogP contribution is -2.55. The topological polar surface area (TPSA) is 99.5 Å². The van der Waals surface area contributed by atoms with E-state index in [0.717, 1.165) is 22.9 Å². The Morgan fingerprint density at radius 3 is 2.66 bits per heavy atom. The molecule has 0 aliphatic carbocycles. The summed E-state index contributed by atoms with van der Waals surface area (Å²) < 4.78 is 29.5. The lowest BCUT2D eigenvalue weighted by atomic mass is 9.86. The van der Waals surface area contributed by atoms with Crippen molar-refractivity contribution in [1.82, 2.24) is 25.3 Å². The van der Waals surface area contributed by atoms with Crippen LogP contribution in [0.25, 0.3) is 11.3 Å². The lowest BCUT2D eigenvalue weighted by Gasteiger charge is -2.30. The second-order valence-corrected chi connectivity index (χ2v) is 9.06. The monoisotopic (exact) mass is 449 g/mol. The van der Waals surface area contributed by atoms with Crippen LogP contribution in [0.5, 0.6) is 0 Å². The first-order chi connectivity index (χ1) is 15.0. The van der Waals surface area contributed by atoms with Gasteiger partial charge in [0.15, 0.2) is 0 Å². The fraction of sp³-hybridized carbons (Fsp3) is 0.500. The molecule has 10 heteroatoms. The summed E-state index contributed by atoms with van der Waals surface area (Å²) in [7, 11) is 1.89. The molecule has 32 heavy (non-hydrogen) atoms.